The molecule has 6 heteroatoms. The number of nitrogens with zero attached hydrogens (tertiary/aromatic N) is 3. The van der Waals surface area contributed by atoms with Crippen molar-refractivity contribution in [1.29, 1.82) is 0 Å². The summed E-state index contributed by atoms with van der Waals surface area (Å²) in [5.41, 5.74) is 0. The van der Waals surface area contributed by atoms with Crippen LogP contribution in [0.25, 0.3) is 0 Å². The second-order valence-electron chi connectivity index (χ2n) is 4.26. The maximum Gasteiger partial charge on any atom is 0.311 e. The molecular formula is C11H17N3O3. The molecular weight excluding hydrogens is 222 g/mol. The van der Waals surface area contributed by atoms with Crippen molar-refractivity contribution in [3.8, 4) is 0 Å². The molecule has 0 spiro atoms. The highest BCUT2D eigenvalue weighted by molar-refractivity contribution is 5.68. The van der Waals surface area contributed by atoms with Crippen molar-refractivity contribution < 1.29 is 14.4 Å². The molecule has 17 heavy (non-hydrogen) atoms. The van der Waals surface area contributed by atoms with Gasteiger partial charge in [-0.15, -0.1) is 0 Å². The van der Waals surface area contributed by atoms with E-state index < -0.39 is 5.97 Å². The molecule has 1 aromatic heterocycles. The van der Waals surface area contributed by atoms with Gasteiger partial charge in [0.25, 0.3) is 0 Å². The molecule has 0 saturated carbocycles. The average molecular weight is 239 g/mol. The molecule has 1 aromatic rings. The molecule has 6 nitrogen and oxygen atoms in total. The highest BCUT2D eigenvalue weighted by Crippen LogP contribution is 2.29. The van der Waals surface area contributed by atoms with Gasteiger partial charge in [-0.25, -0.2) is 0 Å². The second kappa shape index (κ2) is 5.27. The summed E-state index contributed by atoms with van der Waals surface area (Å²) < 4.78 is 5.17. The Hall–Kier alpha value is -1.43. The van der Waals surface area contributed by atoms with Crippen molar-refractivity contribution in [1.82, 2.24) is 15.0 Å². The van der Waals surface area contributed by atoms with E-state index in [0.29, 0.717) is 5.89 Å². The van der Waals surface area contributed by atoms with Crippen molar-refractivity contribution in [3.63, 3.8) is 0 Å². The topological polar surface area (TPSA) is 79.5 Å². The molecule has 1 aliphatic heterocycles. The van der Waals surface area contributed by atoms with Gasteiger partial charge in [-0.3, -0.25) is 9.69 Å². The van der Waals surface area contributed by atoms with Gasteiger partial charge in [0.1, 0.15) is 6.42 Å². The van der Waals surface area contributed by atoms with Gasteiger partial charge in [-0.2, -0.15) is 4.98 Å². The molecule has 2 heterocycles. The fourth-order valence-electron chi connectivity index (χ4n) is 2.26. The summed E-state index contributed by atoms with van der Waals surface area (Å²) in [7, 11) is 0. The number of aliphatic carboxylic acids is 1. The number of likely N-dealkylation sites (tertiary alicyclic amines) is 1. The van der Waals surface area contributed by atoms with Gasteiger partial charge in [0.05, 0.1) is 6.04 Å². The van der Waals surface area contributed by atoms with Crippen molar-refractivity contribution >= 4 is 5.97 Å². The van der Waals surface area contributed by atoms with Crippen molar-refractivity contribution in [2.24, 2.45) is 0 Å². The molecule has 0 amide bonds. The summed E-state index contributed by atoms with van der Waals surface area (Å²) in [6, 6.07) is 0.156. The molecule has 0 radical (unpaired) electrons. The first-order valence-corrected chi connectivity index (χ1v) is 5.99. The number of hydrogen-bond acceptors (Lipinski definition) is 5. The Morgan fingerprint density at radius 2 is 2.41 bits per heavy atom. The number of aromatic nitrogens is 2. The van der Waals surface area contributed by atoms with Crippen LogP contribution in [0.15, 0.2) is 4.52 Å². The lowest BCUT2D eigenvalue weighted by molar-refractivity contribution is -0.136. The van der Waals surface area contributed by atoms with E-state index in [1.165, 1.54) is 6.42 Å². The minimum atomic E-state index is -0.937. The first-order valence-electron chi connectivity index (χ1n) is 5.99. The average Bonchev–Trinajstić information content (AvgIpc) is 2.76. The molecule has 94 valence electrons. The molecule has 1 saturated heterocycles. The van der Waals surface area contributed by atoms with E-state index in [1.54, 1.807) is 0 Å². The molecule has 1 fully saturated rings. The fraction of sp³-hybridized carbons (Fsp3) is 0.727. The van der Waals surface area contributed by atoms with Gasteiger partial charge in [-0.1, -0.05) is 18.5 Å². The summed E-state index contributed by atoms with van der Waals surface area (Å²) in [5, 5.41) is 12.4. The lowest BCUT2D eigenvalue weighted by Crippen LogP contribution is -2.33. The predicted octanol–water partition coefficient (Wildman–Crippen LogP) is 1.24. The van der Waals surface area contributed by atoms with Gasteiger partial charge in [-0.05, 0) is 25.9 Å². The number of carboxylic acid groups (broad SMARTS) is 1. The molecule has 1 aliphatic rings. The smallest absolute Gasteiger partial charge is 0.311 e. The van der Waals surface area contributed by atoms with E-state index in [0.717, 1.165) is 25.9 Å². The van der Waals surface area contributed by atoms with Crippen molar-refractivity contribution in [2.75, 3.05) is 13.1 Å². The summed E-state index contributed by atoms with van der Waals surface area (Å²) in [6.07, 6.45) is 3.17. The third-order valence-electron chi connectivity index (χ3n) is 3.10. The maximum atomic E-state index is 10.5. The van der Waals surface area contributed by atoms with Crippen LogP contribution in [-0.2, 0) is 11.2 Å². The van der Waals surface area contributed by atoms with Crippen molar-refractivity contribution in [2.45, 2.75) is 38.6 Å². The number of rotatable bonds is 4. The Morgan fingerprint density at radius 3 is 3.12 bits per heavy atom. The zero-order chi connectivity index (χ0) is 12.3. The molecule has 1 N–H and O–H groups in total. The normalized spacial score (nSPS) is 21.6. The number of hydrogen-bond donors (Lipinski definition) is 1. The summed E-state index contributed by atoms with van der Waals surface area (Å²) in [5.74, 6) is -0.120. The SMILES string of the molecule is CCN1CCCCC1c1nc(CC(=O)O)no1. The molecule has 0 aromatic carbocycles. The minimum absolute atomic E-state index is 0.156. The predicted molar refractivity (Wildman–Crippen MR) is 59.5 cm³/mol. The van der Waals surface area contributed by atoms with Crippen LogP contribution in [0.2, 0.25) is 0 Å². The zero-order valence-electron chi connectivity index (χ0n) is 9.93. The Bertz CT molecular complexity index is 391. The number of carbonyl (C=O) groups is 1. The molecule has 1 atom stereocenters. The van der Waals surface area contributed by atoms with Gasteiger partial charge in [0.15, 0.2) is 5.82 Å². The number of piperidine rings is 1. The van der Waals surface area contributed by atoms with Crippen LogP contribution in [0, 0.1) is 0 Å². The highest BCUT2D eigenvalue weighted by atomic mass is 16.5. The van der Waals surface area contributed by atoms with Gasteiger partial charge < -0.3 is 9.63 Å². The Kier molecular flexibility index (Phi) is 3.73. The van der Waals surface area contributed by atoms with Gasteiger partial charge in [0.2, 0.25) is 5.89 Å². The standard InChI is InChI=1S/C11H17N3O3/c1-2-14-6-4-3-5-8(14)11-12-9(13-17-11)7-10(15)16/h8H,2-7H2,1H3,(H,15,16). The third kappa shape index (κ3) is 2.82. The monoisotopic (exact) mass is 239 g/mol. The lowest BCUT2D eigenvalue weighted by Gasteiger charge is -2.32. The van der Waals surface area contributed by atoms with Crippen LogP contribution in [0.3, 0.4) is 0 Å². The molecule has 0 aliphatic carbocycles. The van der Waals surface area contributed by atoms with E-state index in [2.05, 4.69) is 22.0 Å². The van der Waals surface area contributed by atoms with E-state index in [4.69, 9.17) is 9.63 Å². The fourth-order valence-corrected chi connectivity index (χ4v) is 2.26. The highest BCUT2D eigenvalue weighted by Gasteiger charge is 2.27. The molecule has 0 bridgehead atoms. The van der Waals surface area contributed by atoms with Crippen LogP contribution in [0.4, 0.5) is 0 Å². The Labute approximate surface area is 99.6 Å². The quantitative estimate of drug-likeness (QED) is 0.851. The second-order valence-corrected chi connectivity index (χ2v) is 4.26. The van der Waals surface area contributed by atoms with Crippen LogP contribution in [0.5, 0.6) is 0 Å². The molecule has 2 rings (SSSR count). The lowest BCUT2D eigenvalue weighted by atomic mass is 10.0. The Balaban J connectivity index is 2.09. The molecule has 1 unspecified atom stereocenters. The minimum Gasteiger partial charge on any atom is -0.481 e. The zero-order valence-corrected chi connectivity index (χ0v) is 9.93. The first kappa shape index (κ1) is 12.0. The van der Waals surface area contributed by atoms with Crippen LogP contribution >= 0.6 is 0 Å². The van der Waals surface area contributed by atoms with E-state index in [9.17, 15) is 4.79 Å². The van der Waals surface area contributed by atoms with Gasteiger partial charge >= 0.3 is 5.97 Å². The third-order valence-corrected chi connectivity index (χ3v) is 3.10. The van der Waals surface area contributed by atoms with Crippen LogP contribution in [0.1, 0.15) is 43.9 Å². The summed E-state index contributed by atoms with van der Waals surface area (Å²) in [4.78, 5) is 17.0. The van der Waals surface area contributed by atoms with E-state index >= 15 is 0 Å². The maximum absolute atomic E-state index is 10.5. The Morgan fingerprint density at radius 1 is 1.59 bits per heavy atom. The van der Waals surface area contributed by atoms with Crippen LogP contribution in [-0.4, -0.2) is 39.2 Å². The van der Waals surface area contributed by atoms with Crippen molar-refractivity contribution in [3.05, 3.63) is 11.7 Å². The van der Waals surface area contributed by atoms with E-state index in [-0.39, 0.29) is 18.3 Å². The largest absolute Gasteiger partial charge is 0.481 e. The number of carboxylic acids is 1. The summed E-state index contributed by atoms with van der Waals surface area (Å²) in [6.45, 7) is 4.09. The first-order chi connectivity index (χ1) is 8.20. The van der Waals surface area contributed by atoms with Crippen LogP contribution < -0.4 is 0 Å². The summed E-state index contributed by atoms with van der Waals surface area (Å²) >= 11 is 0. The van der Waals surface area contributed by atoms with Gasteiger partial charge in [0, 0.05) is 0 Å². The van der Waals surface area contributed by atoms with E-state index in [1.807, 2.05) is 0 Å².